The van der Waals surface area contributed by atoms with Crippen molar-refractivity contribution < 1.29 is 13.2 Å². The lowest BCUT2D eigenvalue weighted by molar-refractivity contribution is -0.137. The minimum atomic E-state index is -4.31. The Balaban J connectivity index is 1.54. The van der Waals surface area contributed by atoms with Crippen molar-refractivity contribution in [2.75, 3.05) is 18.8 Å². The number of halogens is 3. The monoisotopic (exact) mass is 385 g/mol. The maximum Gasteiger partial charge on any atom is 0.416 e. The maximum atomic E-state index is 12.7. The highest BCUT2D eigenvalue weighted by atomic mass is 32.2. The van der Waals surface area contributed by atoms with Gasteiger partial charge in [-0.2, -0.15) is 24.9 Å². The number of rotatable bonds is 9. The summed E-state index contributed by atoms with van der Waals surface area (Å²) in [5.74, 6) is 1.47. The van der Waals surface area contributed by atoms with Gasteiger partial charge in [-0.15, -0.1) is 0 Å². The van der Waals surface area contributed by atoms with Crippen LogP contribution in [0, 0.1) is 5.41 Å². The van der Waals surface area contributed by atoms with Crippen molar-refractivity contribution in [3.63, 3.8) is 0 Å². The molecule has 9 heteroatoms. The molecule has 0 fully saturated rings. The number of alkyl halides is 3. The number of nitrogens with zero attached hydrogens (tertiary/aromatic N) is 1. The van der Waals surface area contributed by atoms with E-state index in [4.69, 9.17) is 5.41 Å². The van der Waals surface area contributed by atoms with Gasteiger partial charge in [-0.3, -0.25) is 5.41 Å². The molecule has 1 aromatic carbocycles. The number of nitrogens with one attached hydrogen (secondary N) is 4. The van der Waals surface area contributed by atoms with Crippen molar-refractivity contribution in [3.8, 4) is 0 Å². The van der Waals surface area contributed by atoms with Gasteiger partial charge in [-0.25, -0.2) is 4.98 Å². The van der Waals surface area contributed by atoms with E-state index in [9.17, 15) is 13.2 Å². The van der Waals surface area contributed by atoms with Crippen LogP contribution in [-0.4, -0.2) is 34.8 Å². The summed E-state index contributed by atoms with van der Waals surface area (Å²) in [4.78, 5) is 7.03. The van der Waals surface area contributed by atoms with Gasteiger partial charge in [0.05, 0.1) is 17.6 Å². The number of aryl methyl sites for hydroxylation is 1. The van der Waals surface area contributed by atoms with E-state index < -0.39 is 11.7 Å². The van der Waals surface area contributed by atoms with Crippen molar-refractivity contribution in [2.45, 2.75) is 24.8 Å². The molecule has 5 nitrogen and oxygen atoms in total. The van der Waals surface area contributed by atoms with E-state index in [2.05, 4.69) is 20.6 Å². The van der Waals surface area contributed by atoms with Crippen LogP contribution in [0.5, 0.6) is 0 Å². The second kappa shape index (κ2) is 10.1. The van der Waals surface area contributed by atoms with Crippen LogP contribution in [-0.2, 0) is 18.3 Å². The molecule has 1 aromatic heterocycles. The fourth-order valence-corrected chi connectivity index (χ4v) is 3.05. The van der Waals surface area contributed by atoms with Crippen LogP contribution < -0.4 is 10.6 Å². The zero-order valence-corrected chi connectivity index (χ0v) is 15.0. The van der Waals surface area contributed by atoms with Gasteiger partial charge >= 0.3 is 6.18 Å². The maximum absolute atomic E-state index is 12.7. The molecule has 4 N–H and O–H groups in total. The smallest absolute Gasteiger partial charge is 0.357 e. The Morgan fingerprint density at radius 2 is 2.04 bits per heavy atom. The van der Waals surface area contributed by atoms with Gasteiger partial charge in [0, 0.05) is 30.8 Å². The first kappa shape index (κ1) is 20.2. The van der Waals surface area contributed by atoms with Crippen molar-refractivity contribution in [2.24, 2.45) is 0 Å². The molecule has 0 saturated carbocycles. The third kappa shape index (κ3) is 7.38. The molecular formula is C17H22F3N5S. The molecular weight excluding hydrogens is 363 g/mol. The average Bonchev–Trinajstić information content (AvgIpc) is 3.11. The molecule has 142 valence electrons. The summed E-state index contributed by atoms with van der Waals surface area (Å²) in [5, 5.41) is 13.7. The third-order valence-corrected chi connectivity index (χ3v) is 4.57. The Bertz CT molecular complexity index is 673. The van der Waals surface area contributed by atoms with E-state index >= 15 is 0 Å². The summed E-state index contributed by atoms with van der Waals surface area (Å²) < 4.78 is 38.0. The Morgan fingerprint density at radius 3 is 2.77 bits per heavy atom. The molecule has 2 rings (SSSR count). The number of H-pyrrole nitrogens is 1. The SMILES string of the molecule is N=C(NCCCc1c[nH]cn1)NCCSCc1cccc(C(F)(F)F)c1. The largest absolute Gasteiger partial charge is 0.416 e. The van der Waals surface area contributed by atoms with Crippen molar-refractivity contribution in [1.82, 2.24) is 20.6 Å². The molecule has 0 saturated heterocycles. The number of imidazole rings is 1. The number of hydrogen-bond donors (Lipinski definition) is 4. The molecule has 0 radical (unpaired) electrons. The molecule has 0 spiro atoms. The summed E-state index contributed by atoms with van der Waals surface area (Å²) in [7, 11) is 0. The van der Waals surface area contributed by atoms with E-state index in [0.717, 1.165) is 24.6 Å². The van der Waals surface area contributed by atoms with Crippen molar-refractivity contribution >= 4 is 17.7 Å². The Labute approximate surface area is 154 Å². The van der Waals surface area contributed by atoms with Crippen molar-refractivity contribution in [1.29, 1.82) is 5.41 Å². The summed E-state index contributed by atoms with van der Waals surface area (Å²) >= 11 is 1.53. The Morgan fingerprint density at radius 1 is 1.23 bits per heavy atom. The van der Waals surface area contributed by atoms with Crippen LogP contribution in [0.25, 0.3) is 0 Å². The van der Waals surface area contributed by atoms with Crippen molar-refractivity contribution in [3.05, 3.63) is 53.6 Å². The molecule has 0 atom stereocenters. The predicted molar refractivity (Wildman–Crippen MR) is 98.2 cm³/mol. The van der Waals surface area contributed by atoms with Gasteiger partial charge in [-0.1, -0.05) is 18.2 Å². The zero-order chi connectivity index (χ0) is 18.8. The molecule has 0 amide bonds. The predicted octanol–water partition coefficient (Wildman–Crippen LogP) is 3.41. The minimum Gasteiger partial charge on any atom is -0.357 e. The Kier molecular flexibility index (Phi) is 7.83. The van der Waals surface area contributed by atoms with Gasteiger partial charge in [0.1, 0.15) is 0 Å². The molecule has 0 unspecified atom stereocenters. The highest BCUT2D eigenvalue weighted by Gasteiger charge is 2.30. The molecule has 2 aromatic rings. The minimum absolute atomic E-state index is 0.256. The number of aromatic amines is 1. The van der Waals surface area contributed by atoms with Crippen LogP contribution in [0.1, 0.15) is 23.2 Å². The number of thioether (sulfide) groups is 1. The van der Waals surface area contributed by atoms with Crippen LogP contribution >= 0.6 is 11.8 Å². The lowest BCUT2D eigenvalue weighted by atomic mass is 10.1. The van der Waals surface area contributed by atoms with Crippen LogP contribution in [0.15, 0.2) is 36.8 Å². The van der Waals surface area contributed by atoms with E-state index in [-0.39, 0.29) is 5.96 Å². The van der Waals surface area contributed by atoms with Gasteiger partial charge in [0.15, 0.2) is 5.96 Å². The number of guanidine groups is 1. The summed E-state index contributed by atoms with van der Waals surface area (Å²) in [6, 6.07) is 5.39. The van der Waals surface area contributed by atoms with Crippen LogP contribution in [0.3, 0.4) is 0 Å². The number of hydrogen-bond acceptors (Lipinski definition) is 3. The fourth-order valence-electron chi connectivity index (χ4n) is 2.25. The third-order valence-electron chi connectivity index (χ3n) is 3.54. The van der Waals surface area contributed by atoms with E-state index in [1.54, 1.807) is 12.4 Å². The van der Waals surface area contributed by atoms with Crippen LogP contribution in [0.2, 0.25) is 0 Å². The lowest BCUT2D eigenvalue weighted by Gasteiger charge is -2.10. The fraction of sp³-hybridized carbons (Fsp3) is 0.412. The molecule has 1 heterocycles. The van der Waals surface area contributed by atoms with Gasteiger partial charge in [0.2, 0.25) is 0 Å². The standard InChI is InChI=1S/C17H22F3N5S/c18-17(19,20)14-4-1-3-13(9-14)11-26-8-7-24-16(21)23-6-2-5-15-10-22-12-25-15/h1,3-4,9-10,12H,2,5-8,11H2,(H,22,25)(H3,21,23,24). The summed E-state index contributed by atoms with van der Waals surface area (Å²) in [5.41, 5.74) is 1.03. The van der Waals surface area contributed by atoms with E-state index in [1.165, 1.54) is 23.9 Å². The highest BCUT2D eigenvalue weighted by molar-refractivity contribution is 7.98. The first-order valence-electron chi connectivity index (χ1n) is 8.23. The zero-order valence-electron chi connectivity index (χ0n) is 14.2. The normalized spacial score (nSPS) is 11.3. The molecule has 26 heavy (non-hydrogen) atoms. The van der Waals surface area contributed by atoms with Crippen LogP contribution in [0.4, 0.5) is 13.2 Å². The lowest BCUT2D eigenvalue weighted by Crippen LogP contribution is -2.38. The first-order valence-corrected chi connectivity index (χ1v) is 9.38. The van der Waals surface area contributed by atoms with E-state index in [0.29, 0.717) is 30.2 Å². The summed E-state index contributed by atoms with van der Waals surface area (Å²) in [6.45, 7) is 1.25. The van der Waals surface area contributed by atoms with Gasteiger partial charge in [0.25, 0.3) is 0 Å². The quantitative estimate of drug-likeness (QED) is 0.303. The molecule has 0 aliphatic carbocycles. The second-order valence-electron chi connectivity index (χ2n) is 5.64. The summed E-state index contributed by atoms with van der Waals surface area (Å²) in [6.07, 6.45) is 0.907. The number of benzene rings is 1. The van der Waals surface area contributed by atoms with Gasteiger partial charge in [-0.05, 0) is 24.5 Å². The molecule has 0 aliphatic heterocycles. The Hall–Kier alpha value is -2.16. The highest BCUT2D eigenvalue weighted by Crippen LogP contribution is 2.30. The number of aromatic nitrogens is 2. The second-order valence-corrected chi connectivity index (χ2v) is 6.75. The topological polar surface area (TPSA) is 76.6 Å². The average molecular weight is 385 g/mol. The molecule has 0 aliphatic rings. The van der Waals surface area contributed by atoms with E-state index in [1.807, 2.05) is 6.20 Å². The molecule has 0 bridgehead atoms. The van der Waals surface area contributed by atoms with Gasteiger partial charge < -0.3 is 15.6 Å². The first-order chi connectivity index (χ1) is 12.4.